The van der Waals surface area contributed by atoms with E-state index >= 15 is 0 Å². The number of aryl methyl sites for hydroxylation is 1. The Morgan fingerprint density at radius 3 is 2.15 bits per heavy atom. The van der Waals surface area contributed by atoms with Crippen LogP contribution in [0.15, 0.2) is 102 Å². The van der Waals surface area contributed by atoms with Crippen molar-refractivity contribution in [3.05, 3.63) is 130 Å². The molecule has 0 bridgehead atoms. The number of rotatable bonds is 8. The van der Waals surface area contributed by atoms with Crippen LogP contribution >= 0.6 is 0 Å². The average molecular weight is 551 g/mol. The van der Waals surface area contributed by atoms with E-state index in [-0.39, 0.29) is 31.7 Å². The Morgan fingerprint density at radius 2 is 1.54 bits per heavy atom. The summed E-state index contributed by atoms with van der Waals surface area (Å²) in [7, 11) is 0. The molecule has 10 heteroatoms. The number of carbonyl (C=O) groups is 2. The van der Waals surface area contributed by atoms with Crippen molar-refractivity contribution in [3.63, 3.8) is 0 Å². The van der Waals surface area contributed by atoms with E-state index in [0.717, 1.165) is 16.7 Å². The number of hydrogen-bond acceptors (Lipinski definition) is 6. The highest BCUT2D eigenvalue weighted by atomic mass is 16.5. The third-order valence-electron chi connectivity index (χ3n) is 7.13. The van der Waals surface area contributed by atoms with E-state index in [1.165, 1.54) is 15.7 Å². The first-order chi connectivity index (χ1) is 19.9. The molecule has 1 aliphatic heterocycles. The summed E-state index contributed by atoms with van der Waals surface area (Å²) in [6, 6.07) is 27.7. The van der Waals surface area contributed by atoms with Gasteiger partial charge in [0.25, 0.3) is 11.5 Å². The predicted molar refractivity (Wildman–Crippen MR) is 154 cm³/mol. The molecule has 1 atom stereocenters. The number of nitrogens with zero attached hydrogens (tertiary/aromatic N) is 3. The van der Waals surface area contributed by atoms with Crippen LogP contribution in [0.2, 0.25) is 0 Å². The molecule has 3 aromatic carbocycles. The first kappa shape index (κ1) is 27.3. The molecule has 5 rings (SSSR count). The Bertz CT molecular complexity index is 1610. The Kier molecular flexibility index (Phi) is 7.91. The maximum Gasteiger partial charge on any atom is 0.412 e. The molecule has 1 unspecified atom stereocenters. The lowest BCUT2D eigenvalue weighted by Crippen LogP contribution is -2.56. The lowest BCUT2D eigenvalue weighted by Gasteiger charge is -2.35. The minimum Gasteiger partial charge on any atom is -0.444 e. The first-order valence-electron chi connectivity index (χ1n) is 13.2. The number of amides is 2. The van der Waals surface area contributed by atoms with Crippen molar-refractivity contribution in [3.8, 4) is 0 Å². The van der Waals surface area contributed by atoms with Gasteiger partial charge in [0.15, 0.2) is 5.96 Å². The van der Waals surface area contributed by atoms with Crippen LogP contribution in [0.4, 0.5) is 10.5 Å². The summed E-state index contributed by atoms with van der Waals surface area (Å²) in [5, 5.41) is 10.8. The van der Waals surface area contributed by atoms with Crippen LogP contribution in [-0.4, -0.2) is 32.4 Å². The number of carbonyl (C=O) groups excluding carboxylic acids is 2. The number of hydrogen-bond donors (Lipinski definition) is 3. The fourth-order valence-electron chi connectivity index (χ4n) is 5.16. The Labute approximate surface area is 236 Å². The van der Waals surface area contributed by atoms with E-state index in [1.807, 2.05) is 91.0 Å². The summed E-state index contributed by atoms with van der Waals surface area (Å²) in [5.41, 5.74) is 6.23. The second-order valence-electron chi connectivity index (χ2n) is 9.87. The summed E-state index contributed by atoms with van der Waals surface area (Å²) >= 11 is 0. The van der Waals surface area contributed by atoms with Crippen molar-refractivity contribution in [2.45, 2.75) is 38.0 Å². The van der Waals surface area contributed by atoms with Crippen LogP contribution < -0.4 is 16.6 Å². The zero-order valence-corrected chi connectivity index (χ0v) is 22.3. The average Bonchev–Trinajstić information content (AvgIpc) is 3.37. The van der Waals surface area contributed by atoms with E-state index in [0.29, 0.717) is 12.2 Å². The summed E-state index contributed by atoms with van der Waals surface area (Å²) in [6.45, 7) is 0.0860. The van der Waals surface area contributed by atoms with Crippen LogP contribution in [-0.2, 0) is 41.1 Å². The van der Waals surface area contributed by atoms with Gasteiger partial charge in [-0.3, -0.25) is 29.8 Å². The fourth-order valence-corrected chi connectivity index (χ4v) is 5.16. The fraction of sp³-hybridized carbons (Fsp3) is 0.194. The molecule has 1 aliphatic rings. The van der Waals surface area contributed by atoms with Gasteiger partial charge in [-0.25, -0.2) is 9.78 Å². The van der Waals surface area contributed by atoms with Gasteiger partial charge < -0.3 is 10.5 Å². The van der Waals surface area contributed by atoms with E-state index < -0.39 is 29.1 Å². The summed E-state index contributed by atoms with van der Waals surface area (Å²) in [6.07, 6.45) is 1.25. The smallest absolute Gasteiger partial charge is 0.412 e. The van der Waals surface area contributed by atoms with Crippen molar-refractivity contribution in [1.29, 1.82) is 5.41 Å². The quantitative estimate of drug-likeness (QED) is 0.225. The van der Waals surface area contributed by atoms with Gasteiger partial charge in [-0.2, -0.15) is 0 Å². The van der Waals surface area contributed by atoms with Crippen LogP contribution in [0.1, 0.15) is 28.9 Å². The van der Waals surface area contributed by atoms with E-state index in [4.69, 9.17) is 15.9 Å². The molecule has 2 heterocycles. The van der Waals surface area contributed by atoms with Gasteiger partial charge in [0.1, 0.15) is 23.7 Å². The lowest BCUT2D eigenvalue weighted by molar-refractivity contribution is -0.137. The molecule has 4 aromatic rings. The Hall–Kier alpha value is -5.25. The van der Waals surface area contributed by atoms with Crippen molar-refractivity contribution >= 4 is 23.6 Å². The number of anilines is 1. The molecule has 0 saturated carbocycles. The van der Waals surface area contributed by atoms with Crippen molar-refractivity contribution in [2.75, 3.05) is 5.32 Å². The van der Waals surface area contributed by atoms with Gasteiger partial charge in [-0.1, -0.05) is 91.0 Å². The van der Waals surface area contributed by atoms with Crippen LogP contribution in [0.25, 0.3) is 0 Å². The van der Waals surface area contributed by atoms with Crippen molar-refractivity contribution in [2.24, 2.45) is 5.73 Å². The Morgan fingerprint density at radius 1 is 0.951 bits per heavy atom. The van der Waals surface area contributed by atoms with Gasteiger partial charge in [0, 0.05) is 12.8 Å². The van der Waals surface area contributed by atoms with Crippen LogP contribution in [0.5, 0.6) is 0 Å². The maximum atomic E-state index is 14.4. The number of benzene rings is 3. The molecular weight excluding hydrogens is 520 g/mol. The highest BCUT2D eigenvalue weighted by molar-refractivity contribution is 5.99. The molecule has 10 nitrogen and oxygen atoms in total. The monoisotopic (exact) mass is 550 g/mol. The van der Waals surface area contributed by atoms with Crippen molar-refractivity contribution < 1.29 is 14.3 Å². The molecule has 0 saturated heterocycles. The molecule has 0 fully saturated rings. The van der Waals surface area contributed by atoms with Gasteiger partial charge in [-0.15, -0.1) is 0 Å². The summed E-state index contributed by atoms with van der Waals surface area (Å²) in [5.74, 6) is -0.519. The summed E-state index contributed by atoms with van der Waals surface area (Å²) in [4.78, 5) is 46.6. The van der Waals surface area contributed by atoms with Gasteiger partial charge in [0.2, 0.25) is 0 Å². The number of nitrogens with two attached hydrogens (primary N) is 1. The maximum absolute atomic E-state index is 14.4. The molecule has 1 aromatic heterocycles. The van der Waals surface area contributed by atoms with Gasteiger partial charge in [-0.05, 0) is 23.1 Å². The predicted octanol–water partition coefficient (Wildman–Crippen LogP) is 3.80. The Balaban J connectivity index is 1.51. The number of guanidine groups is 1. The van der Waals surface area contributed by atoms with E-state index in [9.17, 15) is 14.4 Å². The molecule has 2 amide bonds. The lowest BCUT2D eigenvalue weighted by atomic mass is 9.86. The number of fused-ring (bicyclic) bond motifs is 1. The van der Waals surface area contributed by atoms with Crippen LogP contribution in [0, 0.1) is 5.41 Å². The van der Waals surface area contributed by atoms with Crippen LogP contribution in [0.3, 0.4) is 0 Å². The number of nitrogens with one attached hydrogen (secondary N) is 2. The number of aromatic nitrogens is 2. The van der Waals surface area contributed by atoms with Gasteiger partial charge >= 0.3 is 6.09 Å². The number of ether oxygens (including phenoxy) is 1. The van der Waals surface area contributed by atoms with E-state index in [1.54, 1.807) is 0 Å². The SMILES string of the molecule is N=C(N)N(Cc1ccccc1)C(=O)C1(Cc2ccccc2)CCc2ncc(NC(=O)OCc3ccccc3)c(=O)n21. The molecule has 208 valence electrons. The molecule has 0 spiro atoms. The molecular formula is C31H30N6O4. The highest BCUT2D eigenvalue weighted by Gasteiger charge is 2.49. The highest BCUT2D eigenvalue weighted by Crippen LogP contribution is 2.36. The van der Waals surface area contributed by atoms with Gasteiger partial charge in [0.05, 0.1) is 12.7 Å². The zero-order valence-electron chi connectivity index (χ0n) is 22.3. The topological polar surface area (TPSA) is 143 Å². The van der Waals surface area contributed by atoms with E-state index in [2.05, 4.69) is 10.3 Å². The minimum atomic E-state index is -1.42. The third kappa shape index (κ3) is 5.86. The second kappa shape index (κ2) is 11.9. The summed E-state index contributed by atoms with van der Waals surface area (Å²) < 4.78 is 6.65. The first-order valence-corrected chi connectivity index (χ1v) is 13.2. The second-order valence-corrected chi connectivity index (χ2v) is 9.87. The largest absolute Gasteiger partial charge is 0.444 e. The molecule has 4 N–H and O–H groups in total. The zero-order chi connectivity index (χ0) is 28.8. The molecule has 0 radical (unpaired) electrons. The standard InChI is InChI=1S/C31H30N6O4/c32-29(33)36(20-23-12-6-2-7-13-23)28(39)31(18-22-10-4-1-5-11-22)17-16-26-34-19-25(27(38)37(26)31)35-30(40)41-21-24-14-8-3-9-15-24/h1-15,19H,16-18,20-21H2,(H3,32,33)(H,35,40). The van der Waals surface area contributed by atoms with Crippen molar-refractivity contribution in [1.82, 2.24) is 14.5 Å². The molecule has 41 heavy (non-hydrogen) atoms. The minimum absolute atomic E-state index is 0.0237. The molecule has 0 aliphatic carbocycles. The normalized spacial score (nSPS) is 15.5. The third-order valence-corrected chi connectivity index (χ3v) is 7.13.